The first-order chi connectivity index (χ1) is 9.10. The van der Waals surface area contributed by atoms with Crippen molar-refractivity contribution in [2.24, 2.45) is 5.73 Å². The van der Waals surface area contributed by atoms with E-state index < -0.39 is 35.3 Å². The van der Waals surface area contributed by atoms with E-state index in [1.165, 1.54) is 20.8 Å². The maximum Gasteiger partial charge on any atom is 0.328 e. The fraction of sp³-hybridized carbons (Fsp3) is 0.636. The molecule has 0 aromatic rings. The third kappa shape index (κ3) is 6.14. The van der Waals surface area contributed by atoms with Gasteiger partial charge in [-0.1, -0.05) is 0 Å². The largest absolute Gasteiger partial charge is 0.480 e. The minimum Gasteiger partial charge on any atom is -0.480 e. The fourth-order valence-electron chi connectivity index (χ4n) is 1.08. The van der Waals surface area contributed by atoms with Crippen LogP contribution in [-0.2, 0) is 19.2 Å². The van der Waals surface area contributed by atoms with Crippen LogP contribution in [0.4, 0.5) is 0 Å². The van der Waals surface area contributed by atoms with Crippen molar-refractivity contribution in [2.75, 3.05) is 13.1 Å². The zero-order chi connectivity index (χ0) is 15.9. The van der Waals surface area contributed by atoms with Gasteiger partial charge in [-0.3, -0.25) is 14.4 Å². The van der Waals surface area contributed by atoms with Gasteiger partial charge >= 0.3 is 5.97 Å². The van der Waals surface area contributed by atoms with E-state index in [4.69, 9.17) is 10.8 Å². The van der Waals surface area contributed by atoms with Gasteiger partial charge in [0.2, 0.25) is 17.7 Å². The second kappa shape index (κ2) is 7.43. The first kappa shape index (κ1) is 17.8. The van der Waals surface area contributed by atoms with E-state index in [1.54, 1.807) is 0 Å². The van der Waals surface area contributed by atoms with E-state index in [9.17, 15) is 19.2 Å². The molecule has 0 fully saturated rings. The van der Waals surface area contributed by atoms with E-state index in [-0.39, 0.29) is 13.1 Å². The summed E-state index contributed by atoms with van der Waals surface area (Å²) in [6.45, 7) is 3.49. The highest BCUT2D eigenvalue weighted by molar-refractivity contribution is 5.92. The van der Waals surface area contributed by atoms with Crippen LogP contribution in [0.3, 0.4) is 0 Å². The van der Waals surface area contributed by atoms with Gasteiger partial charge in [-0.25, -0.2) is 4.79 Å². The van der Waals surface area contributed by atoms with Crippen LogP contribution in [0.15, 0.2) is 0 Å². The molecule has 6 N–H and O–H groups in total. The van der Waals surface area contributed by atoms with Gasteiger partial charge in [0, 0.05) is 0 Å². The van der Waals surface area contributed by atoms with Crippen LogP contribution in [0.1, 0.15) is 20.8 Å². The Morgan fingerprint density at radius 3 is 2.20 bits per heavy atom. The van der Waals surface area contributed by atoms with E-state index in [1.807, 2.05) is 0 Å². The topological polar surface area (TPSA) is 151 Å². The third-order valence-corrected chi connectivity index (χ3v) is 2.37. The lowest BCUT2D eigenvalue weighted by molar-refractivity contribution is -0.146. The quantitative estimate of drug-likeness (QED) is 0.351. The fourth-order valence-corrected chi connectivity index (χ4v) is 1.08. The number of hydrogen-bond acceptors (Lipinski definition) is 5. The lowest BCUT2D eigenvalue weighted by Crippen LogP contribution is -2.56. The van der Waals surface area contributed by atoms with E-state index in [2.05, 4.69) is 16.0 Å². The molecule has 0 bridgehead atoms. The van der Waals surface area contributed by atoms with E-state index >= 15 is 0 Å². The van der Waals surface area contributed by atoms with Crippen LogP contribution in [0.5, 0.6) is 0 Å². The number of carboxylic acids is 1. The smallest absolute Gasteiger partial charge is 0.328 e. The van der Waals surface area contributed by atoms with Crippen molar-refractivity contribution in [3.8, 4) is 0 Å². The Kier molecular flexibility index (Phi) is 6.63. The first-order valence-corrected chi connectivity index (χ1v) is 5.91. The Balaban J connectivity index is 4.30. The van der Waals surface area contributed by atoms with Crippen LogP contribution in [-0.4, -0.2) is 53.5 Å². The highest BCUT2D eigenvalue weighted by atomic mass is 16.4. The van der Waals surface area contributed by atoms with Crippen LogP contribution >= 0.6 is 0 Å². The minimum absolute atomic E-state index is 0.240. The lowest BCUT2D eigenvalue weighted by Gasteiger charge is -2.23. The number of nitrogens with two attached hydrogens (primary N) is 1. The van der Waals surface area contributed by atoms with Gasteiger partial charge in [0.15, 0.2) is 0 Å². The summed E-state index contributed by atoms with van der Waals surface area (Å²) in [6.07, 6.45) is 0. The van der Waals surface area contributed by atoms with Crippen molar-refractivity contribution in [3.05, 3.63) is 0 Å². The second-order valence-corrected chi connectivity index (χ2v) is 4.69. The predicted molar refractivity (Wildman–Crippen MR) is 69.5 cm³/mol. The summed E-state index contributed by atoms with van der Waals surface area (Å²) >= 11 is 0. The molecule has 1 atom stereocenters. The SMILES string of the molecule is C[C@H](NC(=O)CNC(=O)CN)C(=O)NC(C)(C)C(=O)O. The molecule has 0 radical (unpaired) electrons. The summed E-state index contributed by atoms with van der Waals surface area (Å²) in [6, 6.07) is -0.934. The molecule has 0 spiro atoms. The van der Waals surface area contributed by atoms with Gasteiger partial charge in [-0.05, 0) is 20.8 Å². The first-order valence-electron chi connectivity index (χ1n) is 5.91. The number of carbonyl (C=O) groups is 4. The van der Waals surface area contributed by atoms with Gasteiger partial charge in [-0.2, -0.15) is 0 Å². The second-order valence-electron chi connectivity index (χ2n) is 4.69. The summed E-state index contributed by atoms with van der Waals surface area (Å²) in [5.74, 6) is -2.91. The molecule has 20 heavy (non-hydrogen) atoms. The number of nitrogens with one attached hydrogen (secondary N) is 3. The summed E-state index contributed by atoms with van der Waals surface area (Å²) in [7, 11) is 0. The normalized spacial score (nSPS) is 12.2. The monoisotopic (exact) mass is 288 g/mol. The molecule has 9 heteroatoms. The number of carboxylic acid groups (broad SMARTS) is 1. The summed E-state index contributed by atoms with van der Waals surface area (Å²) in [5, 5.41) is 15.7. The molecule has 0 aliphatic heterocycles. The molecule has 3 amide bonds. The van der Waals surface area contributed by atoms with E-state index in [0.29, 0.717) is 0 Å². The standard InChI is InChI=1S/C11H20N4O5/c1-6(9(18)15-11(2,3)10(19)20)14-8(17)5-13-7(16)4-12/h6H,4-5,12H2,1-3H3,(H,13,16)(H,14,17)(H,15,18)(H,19,20)/t6-/m0/s1. The summed E-state index contributed by atoms with van der Waals surface area (Å²) < 4.78 is 0. The molecular weight excluding hydrogens is 268 g/mol. The van der Waals surface area contributed by atoms with Crippen molar-refractivity contribution < 1.29 is 24.3 Å². The van der Waals surface area contributed by atoms with Crippen LogP contribution < -0.4 is 21.7 Å². The number of aliphatic carboxylic acids is 1. The van der Waals surface area contributed by atoms with Gasteiger partial charge < -0.3 is 26.8 Å². The Morgan fingerprint density at radius 2 is 1.75 bits per heavy atom. The molecule has 0 aliphatic rings. The van der Waals surface area contributed by atoms with Crippen molar-refractivity contribution >= 4 is 23.7 Å². The molecule has 0 saturated heterocycles. The van der Waals surface area contributed by atoms with Crippen LogP contribution in [0.25, 0.3) is 0 Å². The summed E-state index contributed by atoms with van der Waals surface area (Å²) in [5.41, 5.74) is 3.60. The molecule has 0 unspecified atom stereocenters. The molecule has 114 valence electrons. The molecule has 0 aromatic heterocycles. The lowest BCUT2D eigenvalue weighted by atomic mass is 10.1. The van der Waals surface area contributed by atoms with Crippen molar-refractivity contribution in [1.82, 2.24) is 16.0 Å². The minimum atomic E-state index is -1.44. The Labute approximate surface area is 116 Å². The van der Waals surface area contributed by atoms with Crippen molar-refractivity contribution in [3.63, 3.8) is 0 Å². The molecule has 0 rings (SSSR count). The molecular formula is C11H20N4O5. The molecule has 0 aromatic carbocycles. The number of hydrogen-bond donors (Lipinski definition) is 5. The van der Waals surface area contributed by atoms with Gasteiger partial charge in [0.05, 0.1) is 13.1 Å². The average Bonchev–Trinajstić information content (AvgIpc) is 2.34. The van der Waals surface area contributed by atoms with Crippen molar-refractivity contribution in [1.29, 1.82) is 0 Å². The number of carbonyl (C=O) groups excluding carboxylic acids is 3. The number of amides is 3. The highest BCUT2D eigenvalue weighted by Gasteiger charge is 2.30. The Morgan fingerprint density at radius 1 is 1.20 bits per heavy atom. The third-order valence-electron chi connectivity index (χ3n) is 2.37. The molecule has 0 saturated carbocycles. The average molecular weight is 288 g/mol. The maximum absolute atomic E-state index is 11.7. The maximum atomic E-state index is 11.7. The van der Waals surface area contributed by atoms with Crippen LogP contribution in [0.2, 0.25) is 0 Å². The Bertz CT molecular complexity index is 408. The van der Waals surface area contributed by atoms with Crippen molar-refractivity contribution in [2.45, 2.75) is 32.4 Å². The van der Waals surface area contributed by atoms with Gasteiger partial charge in [0.1, 0.15) is 11.6 Å². The highest BCUT2D eigenvalue weighted by Crippen LogP contribution is 2.02. The molecule has 9 nitrogen and oxygen atoms in total. The molecule has 0 aliphatic carbocycles. The van der Waals surface area contributed by atoms with Gasteiger partial charge in [-0.15, -0.1) is 0 Å². The zero-order valence-electron chi connectivity index (χ0n) is 11.6. The number of rotatable bonds is 7. The summed E-state index contributed by atoms with van der Waals surface area (Å²) in [4.78, 5) is 44.8. The van der Waals surface area contributed by atoms with Gasteiger partial charge in [0.25, 0.3) is 0 Å². The van der Waals surface area contributed by atoms with Crippen LogP contribution in [0, 0.1) is 0 Å². The zero-order valence-corrected chi connectivity index (χ0v) is 11.6. The predicted octanol–water partition coefficient (Wildman–Crippen LogP) is -2.45. The Hall–Kier alpha value is -2.16. The van der Waals surface area contributed by atoms with E-state index in [0.717, 1.165) is 0 Å². The molecule has 0 heterocycles.